The van der Waals surface area contributed by atoms with Crippen molar-refractivity contribution in [3.63, 3.8) is 0 Å². The van der Waals surface area contributed by atoms with Crippen molar-refractivity contribution >= 4 is 16.7 Å². The second kappa shape index (κ2) is 7.77. The Bertz CT molecular complexity index is 1170. The third-order valence-electron chi connectivity index (χ3n) is 4.38. The van der Waals surface area contributed by atoms with Crippen LogP contribution in [0.4, 0.5) is 5.82 Å². The Labute approximate surface area is 163 Å². The molecule has 2 heterocycles. The lowest BCUT2D eigenvalue weighted by Crippen LogP contribution is -2.04. The predicted molar refractivity (Wildman–Crippen MR) is 112 cm³/mol. The van der Waals surface area contributed by atoms with Gasteiger partial charge in [0.2, 0.25) is 0 Å². The number of benzene rings is 2. The highest BCUT2D eigenvalue weighted by Gasteiger charge is 2.11. The zero-order chi connectivity index (χ0) is 19.3. The Morgan fingerprint density at radius 1 is 1.00 bits per heavy atom. The lowest BCUT2D eigenvalue weighted by Gasteiger charge is -2.11. The van der Waals surface area contributed by atoms with Crippen molar-refractivity contribution in [2.75, 3.05) is 19.0 Å². The summed E-state index contributed by atoms with van der Waals surface area (Å²) in [5.41, 5.74) is 3.79. The Kier molecular flexibility index (Phi) is 4.85. The van der Waals surface area contributed by atoms with Crippen LogP contribution in [-0.2, 0) is 0 Å². The number of ether oxygens (including phenoxy) is 1. The fourth-order valence-electron chi connectivity index (χ4n) is 3.00. The third kappa shape index (κ3) is 3.49. The van der Waals surface area contributed by atoms with Crippen LogP contribution in [0.1, 0.15) is 0 Å². The fourth-order valence-corrected chi connectivity index (χ4v) is 3.00. The van der Waals surface area contributed by atoms with Crippen molar-refractivity contribution < 1.29 is 4.74 Å². The van der Waals surface area contributed by atoms with Crippen LogP contribution in [-0.4, -0.2) is 28.6 Å². The second-order valence-corrected chi connectivity index (χ2v) is 6.16. The van der Waals surface area contributed by atoms with E-state index in [-0.39, 0.29) is 0 Å². The van der Waals surface area contributed by atoms with E-state index in [4.69, 9.17) is 21.1 Å². The van der Waals surface area contributed by atoms with E-state index >= 15 is 0 Å². The van der Waals surface area contributed by atoms with Gasteiger partial charge in [0.05, 0.1) is 19.2 Å². The minimum Gasteiger partial charge on any atom is -0.497 e. The molecule has 5 heteroatoms. The number of hydrogen-bond donors (Lipinski definition) is 1. The van der Waals surface area contributed by atoms with Crippen LogP contribution >= 0.6 is 0 Å². The molecule has 0 radical (unpaired) electrons. The largest absolute Gasteiger partial charge is 0.497 e. The Hall–Kier alpha value is -3.91. The van der Waals surface area contributed by atoms with E-state index in [9.17, 15) is 0 Å². The molecule has 0 aliphatic rings. The molecular weight excluding hydrogens is 348 g/mol. The molecule has 0 aliphatic carbocycles. The van der Waals surface area contributed by atoms with Crippen molar-refractivity contribution in [2.45, 2.75) is 0 Å². The van der Waals surface area contributed by atoms with E-state index in [1.54, 1.807) is 19.5 Å². The van der Waals surface area contributed by atoms with Gasteiger partial charge in [0.1, 0.15) is 11.6 Å². The maximum absolute atomic E-state index is 5.44. The molecule has 0 aliphatic heterocycles. The Morgan fingerprint density at radius 2 is 1.86 bits per heavy atom. The Balaban J connectivity index is 1.86. The van der Waals surface area contributed by atoms with Crippen molar-refractivity contribution in [3.05, 3.63) is 67.0 Å². The lowest BCUT2D eigenvalue weighted by atomic mass is 10.0. The summed E-state index contributed by atoms with van der Waals surface area (Å²) >= 11 is 0. The molecule has 0 saturated carbocycles. The molecule has 136 valence electrons. The van der Waals surface area contributed by atoms with E-state index in [0.717, 1.165) is 33.3 Å². The first-order valence-corrected chi connectivity index (χ1v) is 8.82. The number of aromatic nitrogens is 3. The van der Waals surface area contributed by atoms with Crippen molar-refractivity contribution in [3.8, 4) is 40.6 Å². The van der Waals surface area contributed by atoms with E-state index in [0.29, 0.717) is 18.2 Å². The fraction of sp³-hybridized carbons (Fsp3) is 0.0870. The van der Waals surface area contributed by atoms with E-state index in [2.05, 4.69) is 22.3 Å². The average molecular weight is 366 g/mol. The topological polar surface area (TPSA) is 59.9 Å². The number of pyridine rings is 1. The third-order valence-corrected chi connectivity index (χ3v) is 4.38. The summed E-state index contributed by atoms with van der Waals surface area (Å²) < 4.78 is 5.34. The normalized spacial score (nSPS) is 10.4. The van der Waals surface area contributed by atoms with E-state index in [1.165, 1.54) is 0 Å². The van der Waals surface area contributed by atoms with Gasteiger partial charge in [-0.05, 0) is 47.5 Å². The number of terminal acetylenes is 1. The van der Waals surface area contributed by atoms with Crippen LogP contribution in [0.3, 0.4) is 0 Å². The monoisotopic (exact) mass is 366 g/mol. The van der Waals surface area contributed by atoms with E-state index < -0.39 is 0 Å². The van der Waals surface area contributed by atoms with Crippen LogP contribution in [0.2, 0.25) is 0 Å². The molecule has 1 N–H and O–H groups in total. The molecule has 0 atom stereocenters. The molecule has 0 saturated heterocycles. The van der Waals surface area contributed by atoms with Crippen molar-refractivity contribution in [2.24, 2.45) is 0 Å². The number of nitrogens with one attached hydrogen (secondary N) is 1. The van der Waals surface area contributed by atoms with Crippen LogP contribution in [0.5, 0.6) is 5.75 Å². The second-order valence-electron chi connectivity index (χ2n) is 6.16. The van der Waals surface area contributed by atoms with Gasteiger partial charge in [-0.2, -0.15) is 0 Å². The van der Waals surface area contributed by atoms with Gasteiger partial charge in [0.15, 0.2) is 5.82 Å². The van der Waals surface area contributed by atoms with Crippen LogP contribution in [0.15, 0.2) is 67.0 Å². The number of fused-ring (bicyclic) bond motifs is 1. The van der Waals surface area contributed by atoms with E-state index in [1.807, 2.05) is 48.5 Å². The molecule has 0 fully saturated rings. The molecule has 0 bridgehead atoms. The van der Waals surface area contributed by atoms with Gasteiger partial charge in [-0.15, -0.1) is 6.42 Å². The number of hydrogen-bond acceptors (Lipinski definition) is 5. The summed E-state index contributed by atoms with van der Waals surface area (Å²) in [7, 11) is 1.66. The number of rotatable bonds is 5. The smallest absolute Gasteiger partial charge is 0.163 e. The van der Waals surface area contributed by atoms with Crippen LogP contribution in [0, 0.1) is 12.3 Å². The van der Waals surface area contributed by atoms with Gasteiger partial charge in [0.25, 0.3) is 0 Å². The highest BCUT2D eigenvalue weighted by atomic mass is 16.5. The zero-order valence-electron chi connectivity index (χ0n) is 15.4. The molecular formula is C23H18N4O. The first-order chi connectivity index (χ1) is 13.8. The highest BCUT2D eigenvalue weighted by molar-refractivity contribution is 5.94. The summed E-state index contributed by atoms with van der Waals surface area (Å²) in [6, 6.07) is 17.8. The maximum Gasteiger partial charge on any atom is 0.163 e. The molecule has 4 rings (SSSR count). The molecule has 2 aromatic heterocycles. The van der Waals surface area contributed by atoms with Crippen LogP contribution < -0.4 is 10.1 Å². The molecule has 0 unspecified atom stereocenters. The van der Waals surface area contributed by atoms with Crippen molar-refractivity contribution in [1.82, 2.24) is 15.0 Å². The van der Waals surface area contributed by atoms with Crippen molar-refractivity contribution in [1.29, 1.82) is 0 Å². The molecule has 0 amide bonds. The van der Waals surface area contributed by atoms with Gasteiger partial charge < -0.3 is 10.1 Å². The zero-order valence-corrected chi connectivity index (χ0v) is 15.4. The van der Waals surface area contributed by atoms with Gasteiger partial charge in [-0.3, -0.25) is 4.98 Å². The molecule has 28 heavy (non-hydrogen) atoms. The molecule has 0 spiro atoms. The summed E-state index contributed by atoms with van der Waals surface area (Å²) in [5, 5.41) is 4.12. The summed E-state index contributed by atoms with van der Waals surface area (Å²) in [5.74, 6) is 4.72. The minimum atomic E-state index is 0.377. The lowest BCUT2D eigenvalue weighted by molar-refractivity contribution is 0.415. The van der Waals surface area contributed by atoms with Crippen LogP contribution in [0.25, 0.3) is 33.4 Å². The average Bonchev–Trinajstić information content (AvgIpc) is 2.77. The first kappa shape index (κ1) is 17.5. The Morgan fingerprint density at radius 3 is 2.64 bits per heavy atom. The van der Waals surface area contributed by atoms with Gasteiger partial charge >= 0.3 is 0 Å². The predicted octanol–water partition coefficient (Wildman–Crippen LogP) is 4.41. The molecule has 5 nitrogen and oxygen atoms in total. The number of methoxy groups -OCH3 is 1. The minimum absolute atomic E-state index is 0.377. The van der Waals surface area contributed by atoms with Gasteiger partial charge in [-0.25, -0.2) is 9.97 Å². The molecule has 4 aromatic rings. The summed E-state index contributed by atoms with van der Waals surface area (Å²) in [4.78, 5) is 13.6. The standard InChI is InChI=1S/C23H18N4O/c1-3-11-25-23-20-14-17(16-6-4-8-19(13-16)28-2)9-10-21(20)26-22(27-23)18-7-5-12-24-15-18/h1,4-10,12-15H,11H2,2H3,(H,25,26,27). The first-order valence-electron chi connectivity index (χ1n) is 8.82. The van der Waals surface area contributed by atoms with Gasteiger partial charge in [0, 0.05) is 23.3 Å². The quantitative estimate of drug-likeness (QED) is 0.530. The number of nitrogens with zero attached hydrogens (tertiary/aromatic N) is 3. The number of anilines is 1. The molecule has 2 aromatic carbocycles. The maximum atomic E-state index is 5.44. The summed E-state index contributed by atoms with van der Waals surface area (Å²) in [6.07, 6.45) is 8.91. The highest BCUT2D eigenvalue weighted by Crippen LogP contribution is 2.30. The SMILES string of the molecule is C#CCNc1nc(-c2cccnc2)nc2ccc(-c3cccc(OC)c3)cc12. The van der Waals surface area contributed by atoms with Gasteiger partial charge in [-0.1, -0.05) is 24.1 Å². The summed E-state index contributed by atoms with van der Waals surface area (Å²) in [6.45, 7) is 0.377.